The summed E-state index contributed by atoms with van der Waals surface area (Å²) in [5.41, 5.74) is 2.79. The minimum absolute atomic E-state index is 0.333. The molecular weight excluding hydrogens is 172 g/mol. The van der Waals surface area contributed by atoms with Crippen molar-refractivity contribution in [3.05, 3.63) is 41.5 Å². The second kappa shape index (κ2) is 4.84. The number of benzene rings is 1. The lowest BCUT2D eigenvalue weighted by Crippen LogP contribution is -1.95. The van der Waals surface area contributed by atoms with Gasteiger partial charge in [0.1, 0.15) is 0 Å². The highest BCUT2D eigenvalue weighted by atomic mass is 14.3. The summed E-state index contributed by atoms with van der Waals surface area (Å²) in [6.07, 6.45) is 2.39. The SMILES string of the molecule is C=Cc1cccc(CC#N)c1CC#N. The molecule has 0 aliphatic rings. The Hall–Kier alpha value is -2.06. The second-order valence-corrected chi connectivity index (χ2v) is 2.86. The third-order valence-electron chi connectivity index (χ3n) is 2.05. The molecule has 0 aliphatic heterocycles. The molecule has 0 heterocycles. The summed E-state index contributed by atoms with van der Waals surface area (Å²) in [6, 6.07) is 9.85. The zero-order valence-corrected chi connectivity index (χ0v) is 7.83. The number of nitriles is 2. The van der Waals surface area contributed by atoms with Gasteiger partial charge < -0.3 is 0 Å². The molecule has 0 unspecified atom stereocenters. The van der Waals surface area contributed by atoms with Crippen molar-refractivity contribution in [1.82, 2.24) is 0 Å². The molecule has 1 aromatic rings. The van der Waals surface area contributed by atoms with Crippen LogP contribution >= 0.6 is 0 Å². The van der Waals surface area contributed by atoms with E-state index in [-0.39, 0.29) is 0 Å². The third-order valence-corrected chi connectivity index (χ3v) is 2.05. The number of nitrogens with zero attached hydrogens (tertiary/aromatic N) is 2. The molecule has 0 aliphatic carbocycles. The first-order valence-corrected chi connectivity index (χ1v) is 4.30. The van der Waals surface area contributed by atoms with Gasteiger partial charge in [-0.1, -0.05) is 30.9 Å². The summed E-state index contributed by atoms with van der Waals surface area (Å²) in [5.74, 6) is 0. The fourth-order valence-corrected chi connectivity index (χ4v) is 1.39. The molecule has 0 bridgehead atoms. The molecular formula is C12H10N2. The molecule has 1 aromatic carbocycles. The molecule has 2 nitrogen and oxygen atoms in total. The zero-order chi connectivity index (χ0) is 10.4. The summed E-state index contributed by atoms with van der Waals surface area (Å²) in [5, 5.41) is 17.3. The average molecular weight is 182 g/mol. The van der Waals surface area contributed by atoms with E-state index in [0.717, 1.165) is 16.7 Å². The first-order valence-electron chi connectivity index (χ1n) is 4.30. The Morgan fingerprint density at radius 1 is 1.21 bits per heavy atom. The maximum Gasteiger partial charge on any atom is 0.0670 e. The van der Waals surface area contributed by atoms with Crippen LogP contribution in [0.15, 0.2) is 24.8 Å². The molecule has 0 amide bonds. The van der Waals surface area contributed by atoms with Crippen LogP contribution in [0.1, 0.15) is 16.7 Å². The Balaban J connectivity index is 3.23. The largest absolute Gasteiger partial charge is 0.198 e. The third kappa shape index (κ3) is 2.00. The molecule has 2 heteroatoms. The predicted molar refractivity (Wildman–Crippen MR) is 55.2 cm³/mol. The van der Waals surface area contributed by atoms with Crippen LogP contribution < -0.4 is 0 Å². The average Bonchev–Trinajstić information content (AvgIpc) is 2.21. The van der Waals surface area contributed by atoms with Crippen molar-refractivity contribution in [2.75, 3.05) is 0 Å². The highest BCUT2D eigenvalue weighted by molar-refractivity contribution is 5.55. The standard InChI is InChI=1S/C12H10N2/c1-2-10-4-3-5-11(6-8-13)12(10)7-9-14/h2-5H,1,6-7H2. The van der Waals surface area contributed by atoms with Gasteiger partial charge in [0.05, 0.1) is 25.0 Å². The van der Waals surface area contributed by atoms with Gasteiger partial charge in [0.25, 0.3) is 0 Å². The smallest absolute Gasteiger partial charge is 0.0670 e. The normalized spacial score (nSPS) is 8.71. The number of hydrogen-bond donors (Lipinski definition) is 0. The summed E-state index contributed by atoms with van der Waals surface area (Å²) < 4.78 is 0. The second-order valence-electron chi connectivity index (χ2n) is 2.86. The topological polar surface area (TPSA) is 47.6 Å². The van der Waals surface area contributed by atoms with Crippen molar-refractivity contribution in [2.45, 2.75) is 12.8 Å². The van der Waals surface area contributed by atoms with Gasteiger partial charge in [0, 0.05) is 0 Å². The highest BCUT2D eigenvalue weighted by Crippen LogP contribution is 2.17. The Labute approximate surface area is 83.7 Å². The van der Waals surface area contributed by atoms with Crippen molar-refractivity contribution in [1.29, 1.82) is 10.5 Å². The summed E-state index contributed by atoms with van der Waals surface area (Å²) in [6.45, 7) is 3.68. The number of hydrogen-bond acceptors (Lipinski definition) is 2. The first-order chi connectivity index (χ1) is 6.83. The molecule has 0 atom stereocenters. The van der Waals surface area contributed by atoms with Crippen molar-refractivity contribution in [3.63, 3.8) is 0 Å². The molecule has 0 saturated carbocycles. The van der Waals surface area contributed by atoms with Crippen molar-refractivity contribution in [3.8, 4) is 12.1 Å². The van der Waals surface area contributed by atoms with Gasteiger partial charge >= 0.3 is 0 Å². The Kier molecular flexibility index (Phi) is 3.47. The van der Waals surface area contributed by atoms with Crippen LogP contribution in [0.25, 0.3) is 6.08 Å². The molecule has 0 radical (unpaired) electrons. The summed E-state index contributed by atoms with van der Waals surface area (Å²) in [4.78, 5) is 0. The van der Waals surface area contributed by atoms with Crippen molar-refractivity contribution >= 4 is 6.08 Å². The molecule has 14 heavy (non-hydrogen) atoms. The summed E-state index contributed by atoms with van der Waals surface area (Å²) in [7, 11) is 0. The van der Waals surface area contributed by atoms with Gasteiger partial charge in [0.15, 0.2) is 0 Å². The Bertz CT molecular complexity index is 419. The fraction of sp³-hybridized carbons (Fsp3) is 0.167. The van der Waals surface area contributed by atoms with Crippen LogP contribution in [0.3, 0.4) is 0 Å². The van der Waals surface area contributed by atoms with Gasteiger partial charge in [-0.2, -0.15) is 10.5 Å². The molecule has 0 saturated heterocycles. The van der Waals surface area contributed by atoms with E-state index in [1.807, 2.05) is 18.2 Å². The van der Waals surface area contributed by atoms with Gasteiger partial charge in [-0.05, 0) is 16.7 Å². The Morgan fingerprint density at radius 2 is 1.93 bits per heavy atom. The van der Waals surface area contributed by atoms with Crippen molar-refractivity contribution < 1.29 is 0 Å². The quantitative estimate of drug-likeness (QED) is 0.720. The highest BCUT2D eigenvalue weighted by Gasteiger charge is 2.04. The van der Waals surface area contributed by atoms with Crippen LogP contribution in [0.2, 0.25) is 0 Å². The molecule has 0 spiro atoms. The van der Waals surface area contributed by atoms with Crippen molar-refractivity contribution in [2.24, 2.45) is 0 Å². The van der Waals surface area contributed by atoms with E-state index < -0.39 is 0 Å². The molecule has 0 N–H and O–H groups in total. The monoisotopic (exact) mass is 182 g/mol. The van der Waals surface area contributed by atoms with E-state index in [1.54, 1.807) is 6.08 Å². The van der Waals surface area contributed by atoms with Crippen LogP contribution in [-0.2, 0) is 12.8 Å². The molecule has 68 valence electrons. The van der Waals surface area contributed by atoms with Gasteiger partial charge in [-0.15, -0.1) is 0 Å². The van der Waals surface area contributed by atoms with Gasteiger partial charge in [-0.25, -0.2) is 0 Å². The predicted octanol–water partition coefficient (Wildman–Crippen LogP) is 2.46. The minimum atomic E-state index is 0.333. The molecule has 0 fully saturated rings. The maximum atomic E-state index is 8.67. The van der Waals surface area contributed by atoms with E-state index in [2.05, 4.69) is 18.7 Å². The molecule has 1 rings (SSSR count). The maximum absolute atomic E-state index is 8.67. The fourth-order valence-electron chi connectivity index (χ4n) is 1.39. The lowest BCUT2D eigenvalue weighted by molar-refractivity contribution is 1.15. The van der Waals surface area contributed by atoms with Crippen LogP contribution in [-0.4, -0.2) is 0 Å². The van der Waals surface area contributed by atoms with Crippen LogP contribution in [0.4, 0.5) is 0 Å². The van der Waals surface area contributed by atoms with Crippen LogP contribution in [0, 0.1) is 22.7 Å². The minimum Gasteiger partial charge on any atom is -0.198 e. The lowest BCUT2D eigenvalue weighted by Gasteiger charge is -2.06. The van der Waals surface area contributed by atoms with E-state index in [4.69, 9.17) is 10.5 Å². The zero-order valence-electron chi connectivity index (χ0n) is 7.83. The Morgan fingerprint density at radius 3 is 2.50 bits per heavy atom. The lowest BCUT2D eigenvalue weighted by atomic mass is 9.97. The van der Waals surface area contributed by atoms with E-state index in [0.29, 0.717) is 12.8 Å². The number of rotatable bonds is 3. The van der Waals surface area contributed by atoms with E-state index in [1.165, 1.54) is 0 Å². The van der Waals surface area contributed by atoms with Crippen LogP contribution in [0.5, 0.6) is 0 Å². The molecule has 0 aromatic heterocycles. The van der Waals surface area contributed by atoms with Gasteiger partial charge in [-0.3, -0.25) is 0 Å². The van der Waals surface area contributed by atoms with E-state index in [9.17, 15) is 0 Å². The van der Waals surface area contributed by atoms with E-state index >= 15 is 0 Å². The summed E-state index contributed by atoms with van der Waals surface area (Å²) >= 11 is 0. The first kappa shape index (κ1) is 10.0. The van der Waals surface area contributed by atoms with Gasteiger partial charge in [0.2, 0.25) is 0 Å².